The van der Waals surface area contributed by atoms with Crippen LogP contribution in [-0.4, -0.2) is 0 Å². The van der Waals surface area contributed by atoms with Crippen molar-refractivity contribution < 1.29 is 0 Å². The van der Waals surface area contributed by atoms with E-state index in [0.29, 0.717) is 0 Å². The van der Waals surface area contributed by atoms with Gasteiger partial charge in [-0.1, -0.05) is 29.3 Å². The summed E-state index contributed by atoms with van der Waals surface area (Å²) in [6, 6.07) is 8.77. The van der Waals surface area contributed by atoms with Crippen LogP contribution in [0.25, 0.3) is 0 Å². The van der Waals surface area contributed by atoms with Gasteiger partial charge in [-0.15, -0.1) is 11.3 Å². The van der Waals surface area contributed by atoms with Gasteiger partial charge in [0.1, 0.15) is 0 Å². The Balaban J connectivity index is 2.44. The summed E-state index contributed by atoms with van der Waals surface area (Å²) in [7, 11) is 0. The average molecular weight is 325 g/mol. The molecule has 18 heavy (non-hydrogen) atoms. The van der Waals surface area contributed by atoms with Crippen LogP contribution in [0.15, 0.2) is 28.1 Å². The van der Waals surface area contributed by atoms with Crippen LogP contribution in [0, 0.1) is 20.8 Å². The van der Waals surface area contributed by atoms with Crippen molar-refractivity contribution in [3.8, 4) is 0 Å². The highest BCUT2D eigenvalue weighted by Crippen LogP contribution is 2.34. The second-order valence-corrected chi connectivity index (χ2v) is 7.03. The van der Waals surface area contributed by atoms with Crippen molar-refractivity contribution in [1.82, 2.24) is 5.43 Å². The van der Waals surface area contributed by atoms with E-state index in [2.05, 4.69) is 66.4 Å². The van der Waals surface area contributed by atoms with E-state index in [-0.39, 0.29) is 6.04 Å². The maximum Gasteiger partial charge on any atom is 0.0803 e. The SMILES string of the molecule is Cc1cc(C)cc(C(NN)c2cc(C)c(Br)s2)c1. The molecule has 2 nitrogen and oxygen atoms in total. The van der Waals surface area contributed by atoms with Crippen LogP contribution in [0.5, 0.6) is 0 Å². The Kier molecular flexibility index (Phi) is 4.22. The molecule has 4 heteroatoms. The molecule has 0 bridgehead atoms. The van der Waals surface area contributed by atoms with Gasteiger partial charge in [0.05, 0.1) is 9.83 Å². The summed E-state index contributed by atoms with van der Waals surface area (Å²) in [5, 5.41) is 0. The molecule has 0 amide bonds. The van der Waals surface area contributed by atoms with Gasteiger partial charge in [-0.25, -0.2) is 5.43 Å². The molecular weight excluding hydrogens is 308 g/mol. The van der Waals surface area contributed by atoms with Gasteiger partial charge in [0.15, 0.2) is 0 Å². The number of nitrogens with one attached hydrogen (secondary N) is 1. The number of hydrogen-bond donors (Lipinski definition) is 2. The molecule has 0 aliphatic rings. The first-order chi connectivity index (χ1) is 8.51. The highest BCUT2D eigenvalue weighted by Gasteiger charge is 2.16. The lowest BCUT2D eigenvalue weighted by atomic mass is 10.0. The van der Waals surface area contributed by atoms with E-state index < -0.39 is 0 Å². The molecule has 0 spiro atoms. The van der Waals surface area contributed by atoms with E-state index in [1.807, 2.05) is 0 Å². The predicted octanol–water partition coefficient (Wildman–Crippen LogP) is 3.99. The molecule has 0 aliphatic carbocycles. The molecule has 0 saturated heterocycles. The number of nitrogens with two attached hydrogens (primary N) is 1. The zero-order valence-electron chi connectivity index (χ0n) is 10.8. The van der Waals surface area contributed by atoms with E-state index in [1.165, 1.54) is 30.9 Å². The molecular formula is C14H17BrN2S. The lowest BCUT2D eigenvalue weighted by Gasteiger charge is -2.16. The Labute approximate surface area is 120 Å². The predicted molar refractivity (Wildman–Crippen MR) is 81.8 cm³/mol. The number of hydrazine groups is 1. The molecule has 2 aromatic rings. The van der Waals surface area contributed by atoms with Crippen molar-refractivity contribution >= 4 is 27.3 Å². The zero-order chi connectivity index (χ0) is 13.3. The van der Waals surface area contributed by atoms with Gasteiger partial charge < -0.3 is 0 Å². The lowest BCUT2D eigenvalue weighted by molar-refractivity contribution is 0.645. The van der Waals surface area contributed by atoms with Crippen LogP contribution in [0.1, 0.15) is 33.2 Å². The zero-order valence-corrected chi connectivity index (χ0v) is 13.2. The Bertz CT molecular complexity index is 523. The van der Waals surface area contributed by atoms with Crippen molar-refractivity contribution in [2.75, 3.05) is 0 Å². The van der Waals surface area contributed by atoms with E-state index in [0.717, 1.165) is 0 Å². The van der Waals surface area contributed by atoms with Crippen LogP contribution in [-0.2, 0) is 0 Å². The highest BCUT2D eigenvalue weighted by molar-refractivity contribution is 9.11. The van der Waals surface area contributed by atoms with Gasteiger partial charge in [-0.3, -0.25) is 5.84 Å². The molecule has 0 saturated carbocycles. The van der Waals surface area contributed by atoms with E-state index >= 15 is 0 Å². The molecule has 1 atom stereocenters. The fourth-order valence-electron chi connectivity index (χ4n) is 2.15. The normalized spacial score (nSPS) is 12.7. The van der Waals surface area contributed by atoms with Crippen LogP contribution in [0.2, 0.25) is 0 Å². The molecule has 0 radical (unpaired) electrons. The molecule has 2 rings (SSSR count). The third-order valence-corrected chi connectivity index (χ3v) is 5.11. The summed E-state index contributed by atoms with van der Waals surface area (Å²) in [5.41, 5.74) is 7.90. The van der Waals surface area contributed by atoms with Crippen molar-refractivity contribution in [2.24, 2.45) is 5.84 Å². The van der Waals surface area contributed by atoms with Gasteiger partial charge >= 0.3 is 0 Å². The smallest absolute Gasteiger partial charge is 0.0803 e. The second kappa shape index (κ2) is 5.53. The largest absolute Gasteiger partial charge is 0.271 e. The first kappa shape index (κ1) is 13.7. The first-order valence-corrected chi connectivity index (χ1v) is 7.42. The monoisotopic (exact) mass is 324 g/mol. The minimum absolute atomic E-state index is 0.0543. The van der Waals surface area contributed by atoms with Gasteiger partial charge in [-0.2, -0.15) is 0 Å². The molecule has 0 fully saturated rings. The third-order valence-electron chi connectivity index (χ3n) is 2.90. The maximum atomic E-state index is 5.74. The van der Waals surface area contributed by atoms with E-state index in [9.17, 15) is 0 Å². The number of rotatable bonds is 3. The van der Waals surface area contributed by atoms with Gasteiger partial charge in [0, 0.05) is 4.88 Å². The Morgan fingerprint density at radius 3 is 2.17 bits per heavy atom. The quantitative estimate of drug-likeness (QED) is 0.661. The number of aryl methyl sites for hydroxylation is 3. The molecule has 1 aromatic carbocycles. The third kappa shape index (κ3) is 2.83. The number of hydrogen-bond acceptors (Lipinski definition) is 3. The number of benzene rings is 1. The van der Waals surface area contributed by atoms with Gasteiger partial charge in [-0.05, 0) is 53.9 Å². The Hall–Kier alpha value is -0.680. The molecule has 3 N–H and O–H groups in total. The van der Waals surface area contributed by atoms with Crippen LogP contribution >= 0.6 is 27.3 Å². The highest BCUT2D eigenvalue weighted by atomic mass is 79.9. The van der Waals surface area contributed by atoms with Crippen molar-refractivity contribution in [1.29, 1.82) is 0 Å². The summed E-state index contributed by atoms with van der Waals surface area (Å²) in [6.45, 7) is 6.32. The van der Waals surface area contributed by atoms with Crippen molar-refractivity contribution in [3.63, 3.8) is 0 Å². The lowest BCUT2D eigenvalue weighted by Crippen LogP contribution is -2.28. The minimum atomic E-state index is 0.0543. The standard InChI is InChI=1S/C14H17BrN2S/c1-8-4-9(2)6-11(5-8)13(17-16)12-7-10(3)14(15)18-12/h4-7,13,17H,16H2,1-3H3. The van der Waals surface area contributed by atoms with Crippen LogP contribution < -0.4 is 11.3 Å². The minimum Gasteiger partial charge on any atom is -0.271 e. The summed E-state index contributed by atoms with van der Waals surface area (Å²) in [5.74, 6) is 5.74. The molecule has 1 unspecified atom stereocenters. The summed E-state index contributed by atoms with van der Waals surface area (Å²) < 4.78 is 1.17. The van der Waals surface area contributed by atoms with Crippen LogP contribution in [0.3, 0.4) is 0 Å². The average Bonchev–Trinajstić information content (AvgIpc) is 2.58. The molecule has 1 heterocycles. The van der Waals surface area contributed by atoms with E-state index in [1.54, 1.807) is 11.3 Å². The molecule has 1 aromatic heterocycles. The maximum absolute atomic E-state index is 5.74. The fourth-order valence-corrected chi connectivity index (χ4v) is 3.80. The number of halogens is 1. The molecule has 96 valence electrons. The molecule has 0 aliphatic heterocycles. The summed E-state index contributed by atoms with van der Waals surface area (Å²) in [4.78, 5) is 1.23. The number of thiophene rings is 1. The van der Waals surface area contributed by atoms with Gasteiger partial charge in [0.25, 0.3) is 0 Å². The first-order valence-electron chi connectivity index (χ1n) is 5.81. The Morgan fingerprint density at radius 1 is 1.11 bits per heavy atom. The Morgan fingerprint density at radius 2 is 1.72 bits per heavy atom. The summed E-state index contributed by atoms with van der Waals surface area (Å²) in [6.07, 6.45) is 0. The van der Waals surface area contributed by atoms with E-state index in [4.69, 9.17) is 5.84 Å². The van der Waals surface area contributed by atoms with Crippen molar-refractivity contribution in [3.05, 3.63) is 55.2 Å². The van der Waals surface area contributed by atoms with Gasteiger partial charge in [0.2, 0.25) is 0 Å². The van der Waals surface area contributed by atoms with Crippen LogP contribution in [0.4, 0.5) is 0 Å². The fraction of sp³-hybridized carbons (Fsp3) is 0.286. The second-order valence-electron chi connectivity index (χ2n) is 4.63. The topological polar surface area (TPSA) is 38.0 Å². The summed E-state index contributed by atoms with van der Waals surface area (Å²) >= 11 is 5.29. The van der Waals surface area contributed by atoms with Crippen molar-refractivity contribution in [2.45, 2.75) is 26.8 Å².